The van der Waals surface area contributed by atoms with Crippen LogP contribution in [-0.2, 0) is 6.54 Å². The van der Waals surface area contributed by atoms with Gasteiger partial charge in [-0.15, -0.1) is 0 Å². The van der Waals surface area contributed by atoms with Crippen molar-refractivity contribution >= 4 is 6.03 Å². The molecule has 2 N–H and O–H groups in total. The van der Waals surface area contributed by atoms with E-state index >= 15 is 0 Å². The van der Waals surface area contributed by atoms with Crippen molar-refractivity contribution in [3.8, 4) is 0 Å². The van der Waals surface area contributed by atoms with E-state index in [4.69, 9.17) is 5.11 Å². The van der Waals surface area contributed by atoms with Gasteiger partial charge in [0.1, 0.15) is 12.7 Å². The Kier molecular flexibility index (Phi) is 5.48. The highest BCUT2D eigenvalue weighted by molar-refractivity contribution is 5.74. The summed E-state index contributed by atoms with van der Waals surface area (Å²) in [7, 11) is 1.66. The zero-order chi connectivity index (χ0) is 15.9. The van der Waals surface area contributed by atoms with Gasteiger partial charge in [-0.25, -0.2) is 9.78 Å². The van der Waals surface area contributed by atoms with Crippen LogP contribution in [0.2, 0.25) is 0 Å². The summed E-state index contributed by atoms with van der Waals surface area (Å²) in [5.74, 6) is 0. The molecule has 1 aromatic heterocycles. The average Bonchev–Trinajstić information content (AvgIpc) is 3.06. The lowest BCUT2D eigenvalue weighted by atomic mass is 10.1. The summed E-state index contributed by atoms with van der Waals surface area (Å²) in [6, 6.07) is 8.97. The van der Waals surface area contributed by atoms with Crippen molar-refractivity contribution in [1.82, 2.24) is 25.0 Å². The summed E-state index contributed by atoms with van der Waals surface area (Å²) in [4.78, 5) is 17.7. The first-order chi connectivity index (χ1) is 10.6. The molecule has 0 radical (unpaired) electrons. The Morgan fingerprint density at radius 1 is 1.41 bits per heavy atom. The molecule has 2 amide bonds. The van der Waals surface area contributed by atoms with Gasteiger partial charge in [0, 0.05) is 7.05 Å². The highest BCUT2D eigenvalue weighted by atomic mass is 16.3. The molecule has 2 aromatic rings. The third-order valence-corrected chi connectivity index (χ3v) is 3.58. The third-order valence-electron chi connectivity index (χ3n) is 3.58. The number of carbonyl (C=O) groups excluding carboxylic acids is 1. The van der Waals surface area contributed by atoms with E-state index < -0.39 is 0 Å². The molecule has 118 valence electrons. The van der Waals surface area contributed by atoms with Crippen molar-refractivity contribution in [2.24, 2.45) is 0 Å². The van der Waals surface area contributed by atoms with Crippen LogP contribution in [0.3, 0.4) is 0 Å². The summed E-state index contributed by atoms with van der Waals surface area (Å²) in [5.41, 5.74) is 0.983. The third kappa shape index (κ3) is 4.05. The zero-order valence-corrected chi connectivity index (χ0v) is 12.8. The van der Waals surface area contributed by atoms with E-state index in [2.05, 4.69) is 15.4 Å². The molecule has 0 spiro atoms. The van der Waals surface area contributed by atoms with Gasteiger partial charge in [-0.2, -0.15) is 5.10 Å². The number of urea groups is 1. The fourth-order valence-electron chi connectivity index (χ4n) is 2.01. The summed E-state index contributed by atoms with van der Waals surface area (Å²) in [6.07, 6.45) is 3.08. The Bertz CT molecular complexity index is 573. The van der Waals surface area contributed by atoms with E-state index in [1.165, 1.54) is 11.2 Å². The Labute approximate surface area is 129 Å². The lowest BCUT2D eigenvalue weighted by Crippen LogP contribution is -2.45. The second-order valence-electron chi connectivity index (χ2n) is 5.17. The van der Waals surface area contributed by atoms with Gasteiger partial charge in [0.05, 0.1) is 25.2 Å². The van der Waals surface area contributed by atoms with Crippen LogP contribution in [0.15, 0.2) is 43.0 Å². The maximum atomic E-state index is 12.3. The highest BCUT2D eigenvalue weighted by Gasteiger charge is 2.20. The fourth-order valence-corrected chi connectivity index (χ4v) is 2.01. The van der Waals surface area contributed by atoms with Crippen molar-refractivity contribution in [2.75, 3.05) is 13.7 Å². The number of carbonyl (C=O) groups is 1. The molecule has 2 rings (SSSR count). The molecule has 1 heterocycles. The number of aliphatic hydroxyl groups is 1. The number of hydrogen-bond acceptors (Lipinski definition) is 4. The molecule has 7 heteroatoms. The van der Waals surface area contributed by atoms with E-state index in [-0.39, 0.29) is 24.7 Å². The summed E-state index contributed by atoms with van der Waals surface area (Å²) >= 11 is 0. The number of aliphatic hydroxyl groups excluding tert-OH is 1. The monoisotopic (exact) mass is 303 g/mol. The Morgan fingerprint density at radius 3 is 2.73 bits per heavy atom. The first-order valence-electron chi connectivity index (χ1n) is 7.13. The smallest absolute Gasteiger partial charge is 0.318 e. The van der Waals surface area contributed by atoms with Crippen molar-refractivity contribution in [3.63, 3.8) is 0 Å². The van der Waals surface area contributed by atoms with Crippen LogP contribution in [0.4, 0.5) is 4.79 Å². The first-order valence-corrected chi connectivity index (χ1v) is 7.13. The van der Waals surface area contributed by atoms with Gasteiger partial charge in [0.2, 0.25) is 0 Å². The van der Waals surface area contributed by atoms with E-state index in [1.807, 2.05) is 30.3 Å². The molecule has 0 saturated carbocycles. The lowest BCUT2D eigenvalue weighted by molar-refractivity contribution is 0.154. The molecular weight excluding hydrogens is 282 g/mol. The quantitative estimate of drug-likeness (QED) is 0.835. The highest BCUT2D eigenvalue weighted by Crippen LogP contribution is 2.15. The number of nitrogens with zero attached hydrogens (tertiary/aromatic N) is 4. The number of aromatic nitrogens is 3. The number of nitrogens with one attached hydrogen (secondary N) is 1. The van der Waals surface area contributed by atoms with Crippen molar-refractivity contribution < 1.29 is 9.90 Å². The van der Waals surface area contributed by atoms with Gasteiger partial charge >= 0.3 is 6.03 Å². The van der Waals surface area contributed by atoms with Crippen LogP contribution in [0, 0.1) is 0 Å². The van der Waals surface area contributed by atoms with Crippen LogP contribution in [0.1, 0.15) is 18.5 Å². The van der Waals surface area contributed by atoms with Crippen LogP contribution in [0.5, 0.6) is 0 Å². The molecule has 22 heavy (non-hydrogen) atoms. The summed E-state index contributed by atoms with van der Waals surface area (Å²) in [6.45, 7) is 2.19. The van der Waals surface area contributed by atoms with E-state index in [0.717, 1.165) is 5.56 Å². The van der Waals surface area contributed by atoms with Crippen LogP contribution < -0.4 is 5.32 Å². The molecule has 0 aliphatic carbocycles. The second-order valence-corrected chi connectivity index (χ2v) is 5.17. The van der Waals surface area contributed by atoms with E-state index in [0.29, 0.717) is 6.54 Å². The molecule has 7 nitrogen and oxygen atoms in total. The minimum absolute atomic E-state index is 0.0804. The average molecular weight is 303 g/mol. The molecular formula is C15H21N5O2. The van der Waals surface area contributed by atoms with Gasteiger partial charge in [-0.1, -0.05) is 30.3 Å². The SMILES string of the molecule is CC(CO)N(C)C(=O)NC(Cn1cncn1)c1ccccc1. The Balaban J connectivity index is 2.13. The Morgan fingerprint density at radius 2 is 2.14 bits per heavy atom. The zero-order valence-electron chi connectivity index (χ0n) is 12.8. The largest absolute Gasteiger partial charge is 0.394 e. The van der Waals surface area contributed by atoms with Gasteiger partial charge in [-0.05, 0) is 12.5 Å². The fraction of sp³-hybridized carbons (Fsp3) is 0.400. The first kappa shape index (κ1) is 16.0. The van der Waals surface area contributed by atoms with E-state index in [1.54, 1.807) is 25.0 Å². The molecule has 1 aromatic carbocycles. The minimum atomic E-state index is -0.247. The van der Waals surface area contributed by atoms with Gasteiger partial charge in [0.25, 0.3) is 0 Å². The van der Waals surface area contributed by atoms with Crippen LogP contribution in [0.25, 0.3) is 0 Å². The van der Waals surface area contributed by atoms with Crippen molar-refractivity contribution in [3.05, 3.63) is 48.5 Å². The molecule has 0 aliphatic rings. The molecule has 0 fully saturated rings. The maximum Gasteiger partial charge on any atom is 0.318 e. The topological polar surface area (TPSA) is 83.3 Å². The normalized spacial score (nSPS) is 13.4. The molecule has 2 atom stereocenters. The van der Waals surface area contributed by atoms with Crippen molar-refractivity contribution in [1.29, 1.82) is 0 Å². The number of likely N-dealkylation sites (N-methyl/N-ethyl adjacent to an activating group) is 1. The number of rotatable bonds is 6. The van der Waals surface area contributed by atoms with Crippen molar-refractivity contribution in [2.45, 2.75) is 25.6 Å². The maximum absolute atomic E-state index is 12.3. The van der Waals surface area contributed by atoms with Gasteiger partial charge in [-0.3, -0.25) is 4.68 Å². The summed E-state index contributed by atoms with van der Waals surface area (Å²) < 4.78 is 1.67. The molecule has 0 aliphatic heterocycles. The second kappa shape index (κ2) is 7.56. The Hall–Kier alpha value is -2.41. The van der Waals surface area contributed by atoms with Crippen LogP contribution in [-0.4, -0.2) is 50.5 Å². The lowest BCUT2D eigenvalue weighted by Gasteiger charge is -2.27. The standard InChI is InChI=1S/C15H21N5O2/c1-12(9-21)19(2)15(22)18-14(8-20-11-16-10-17-20)13-6-4-3-5-7-13/h3-7,10-12,14,21H,8-9H2,1-2H3,(H,18,22). The van der Waals surface area contributed by atoms with E-state index in [9.17, 15) is 4.79 Å². The molecule has 0 saturated heterocycles. The number of benzene rings is 1. The number of hydrogen-bond donors (Lipinski definition) is 2. The minimum Gasteiger partial charge on any atom is -0.394 e. The predicted molar refractivity (Wildman–Crippen MR) is 82.0 cm³/mol. The summed E-state index contributed by atoms with van der Waals surface area (Å²) in [5, 5.41) is 16.2. The van der Waals surface area contributed by atoms with Gasteiger partial charge in [0.15, 0.2) is 0 Å². The molecule has 0 bridgehead atoms. The molecule has 2 unspecified atom stereocenters. The predicted octanol–water partition coefficient (Wildman–Crippen LogP) is 1.04. The van der Waals surface area contributed by atoms with Crippen LogP contribution >= 0.6 is 0 Å². The van der Waals surface area contributed by atoms with Gasteiger partial charge < -0.3 is 15.3 Å². The number of amides is 2.